The van der Waals surface area contributed by atoms with E-state index in [0.29, 0.717) is 0 Å². The lowest BCUT2D eigenvalue weighted by atomic mass is 9.81. The monoisotopic (exact) mass is 386 g/mol. The van der Waals surface area contributed by atoms with E-state index in [4.69, 9.17) is 5.11 Å². The van der Waals surface area contributed by atoms with Gasteiger partial charge in [0.1, 0.15) is 0 Å². The molecule has 0 saturated heterocycles. The quantitative estimate of drug-likeness (QED) is 0.411. The molecule has 1 atom stereocenters. The molecule has 0 aliphatic rings. The van der Waals surface area contributed by atoms with Gasteiger partial charge in [0, 0.05) is 17.6 Å². The highest BCUT2D eigenvalue weighted by Gasteiger charge is 2.79. The summed E-state index contributed by atoms with van der Waals surface area (Å²) in [4.78, 5) is 21.5. The van der Waals surface area contributed by atoms with Crippen LogP contribution in [0.15, 0.2) is 12.2 Å². The Labute approximate surface area is 136 Å². The molecule has 0 spiro atoms. The second-order valence-electron chi connectivity index (χ2n) is 5.98. The summed E-state index contributed by atoms with van der Waals surface area (Å²) in [7, 11) is 0. The highest BCUT2D eigenvalue weighted by Crippen LogP contribution is 2.53. The van der Waals surface area contributed by atoms with Gasteiger partial charge < -0.3 is 9.84 Å². The lowest BCUT2D eigenvalue weighted by Crippen LogP contribution is -2.64. The zero-order valence-corrected chi connectivity index (χ0v) is 13.0. The van der Waals surface area contributed by atoms with E-state index in [1.165, 1.54) is 0 Å². The molecule has 0 aromatic rings. The average Bonchev–Trinajstić information content (AvgIpc) is 2.40. The molecular formula is C13H14F8O4. The number of carbonyl (C=O) groups excluding carboxylic acids is 1. The third kappa shape index (κ3) is 4.82. The minimum atomic E-state index is -6.57. The number of esters is 1. The van der Waals surface area contributed by atoms with Crippen LogP contribution in [-0.4, -0.2) is 47.3 Å². The molecule has 1 N–H and O–H groups in total. The lowest BCUT2D eigenvalue weighted by molar-refractivity contribution is -0.363. The number of alkyl halides is 8. The second-order valence-corrected chi connectivity index (χ2v) is 5.98. The van der Waals surface area contributed by atoms with Gasteiger partial charge in [-0.1, -0.05) is 20.8 Å². The van der Waals surface area contributed by atoms with E-state index in [9.17, 15) is 44.7 Å². The molecule has 0 fully saturated rings. The van der Waals surface area contributed by atoms with Gasteiger partial charge in [0.2, 0.25) is 0 Å². The highest BCUT2D eigenvalue weighted by molar-refractivity contribution is 5.90. The van der Waals surface area contributed by atoms with Crippen molar-refractivity contribution in [3.8, 4) is 0 Å². The maximum Gasteiger partial charge on any atom is 0.381 e. The standard InChI is InChI=1S/C13H14F8O4/c1-10(2,3)8(25-7(24)5-4-6(22)23)11(16,17)13(20,21)12(18,19)9(14)15/h4-5,8-9H,1-3H3,(H,22,23). The fourth-order valence-corrected chi connectivity index (χ4v) is 1.61. The summed E-state index contributed by atoms with van der Waals surface area (Å²) in [6.07, 6.45) is -8.20. The number of ether oxygens (including phenoxy) is 1. The van der Waals surface area contributed by atoms with Crippen molar-refractivity contribution in [2.75, 3.05) is 0 Å². The third-order valence-electron chi connectivity index (χ3n) is 2.82. The zero-order chi connectivity index (χ0) is 20.4. The Hall–Kier alpha value is -1.88. The normalized spacial score (nSPS) is 15.5. The Morgan fingerprint density at radius 3 is 1.68 bits per heavy atom. The summed E-state index contributed by atoms with van der Waals surface area (Å²) in [5, 5.41) is 8.27. The number of hydrogen-bond donors (Lipinski definition) is 1. The van der Waals surface area contributed by atoms with Gasteiger partial charge in [-0.15, -0.1) is 0 Å². The van der Waals surface area contributed by atoms with E-state index < -0.39 is 47.7 Å². The van der Waals surface area contributed by atoms with E-state index in [0.717, 1.165) is 20.8 Å². The number of halogens is 8. The Morgan fingerprint density at radius 2 is 1.36 bits per heavy atom. The first kappa shape index (κ1) is 23.1. The van der Waals surface area contributed by atoms with Crippen LogP contribution < -0.4 is 0 Å². The fraction of sp³-hybridized carbons (Fsp3) is 0.692. The molecule has 0 rings (SSSR count). The van der Waals surface area contributed by atoms with Gasteiger partial charge in [-0.05, 0) is 0 Å². The molecule has 0 aromatic heterocycles. The third-order valence-corrected chi connectivity index (χ3v) is 2.82. The van der Waals surface area contributed by atoms with E-state index in [1.54, 1.807) is 0 Å². The molecule has 1 unspecified atom stereocenters. The minimum absolute atomic E-state index is 0.0700. The van der Waals surface area contributed by atoms with Crippen LogP contribution in [-0.2, 0) is 14.3 Å². The molecule has 0 bridgehead atoms. The number of hydrogen-bond acceptors (Lipinski definition) is 3. The predicted molar refractivity (Wildman–Crippen MR) is 67.0 cm³/mol. The largest absolute Gasteiger partial charge is 0.478 e. The molecule has 25 heavy (non-hydrogen) atoms. The fourth-order valence-electron chi connectivity index (χ4n) is 1.61. The summed E-state index contributed by atoms with van der Waals surface area (Å²) in [5.74, 6) is -22.5. The van der Waals surface area contributed by atoms with Gasteiger partial charge in [-0.3, -0.25) is 0 Å². The molecule has 0 aromatic carbocycles. The van der Waals surface area contributed by atoms with Crippen molar-refractivity contribution in [1.82, 2.24) is 0 Å². The van der Waals surface area contributed by atoms with Gasteiger partial charge in [0.25, 0.3) is 0 Å². The van der Waals surface area contributed by atoms with Gasteiger partial charge in [0.05, 0.1) is 0 Å². The number of carboxylic acid groups (broad SMARTS) is 1. The van der Waals surface area contributed by atoms with Crippen molar-refractivity contribution in [3.05, 3.63) is 12.2 Å². The van der Waals surface area contributed by atoms with E-state index in [-0.39, 0.29) is 12.2 Å². The van der Waals surface area contributed by atoms with Crippen LogP contribution in [0, 0.1) is 5.41 Å². The summed E-state index contributed by atoms with van der Waals surface area (Å²) < 4.78 is 109. The van der Waals surface area contributed by atoms with Gasteiger partial charge >= 0.3 is 36.1 Å². The lowest BCUT2D eigenvalue weighted by Gasteiger charge is -2.41. The van der Waals surface area contributed by atoms with Crippen molar-refractivity contribution in [1.29, 1.82) is 0 Å². The maximum atomic E-state index is 14.0. The van der Waals surface area contributed by atoms with Crippen LogP contribution in [0.4, 0.5) is 35.1 Å². The van der Waals surface area contributed by atoms with Crippen molar-refractivity contribution in [2.24, 2.45) is 5.41 Å². The number of carboxylic acids is 1. The Balaban J connectivity index is 5.96. The van der Waals surface area contributed by atoms with Gasteiger partial charge in [-0.25, -0.2) is 18.4 Å². The van der Waals surface area contributed by atoms with Crippen LogP contribution >= 0.6 is 0 Å². The highest BCUT2D eigenvalue weighted by atomic mass is 19.4. The van der Waals surface area contributed by atoms with E-state index >= 15 is 0 Å². The summed E-state index contributed by atoms with van der Waals surface area (Å²) in [5.41, 5.74) is -2.10. The first-order valence-corrected chi connectivity index (χ1v) is 6.42. The second kappa shape index (κ2) is 7.16. The first-order valence-electron chi connectivity index (χ1n) is 6.42. The molecule has 0 aliphatic carbocycles. The van der Waals surface area contributed by atoms with Crippen LogP contribution in [0.5, 0.6) is 0 Å². The Bertz CT molecular complexity index is 537. The van der Waals surface area contributed by atoms with E-state index in [2.05, 4.69) is 4.74 Å². The van der Waals surface area contributed by atoms with Crippen LogP contribution in [0.1, 0.15) is 20.8 Å². The molecule has 0 radical (unpaired) electrons. The summed E-state index contributed by atoms with van der Waals surface area (Å²) in [6, 6.07) is 0. The van der Waals surface area contributed by atoms with Gasteiger partial charge in [-0.2, -0.15) is 26.3 Å². The number of carbonyl (C=O) groups is 2. The number of rotatable bonds is 7. The summed E-state index contributed by atoms with van der Waals surface area (Å²) in [6.45, 7) is 2.41. The predicted octanol–water partition coefficient (Wildman–Crippen LogP) is 3.76. The van der Waals surface area contributed by atoms with Crippen molar-refractivity contribution >= 4 is 11.9 Å². The molecule has 0 aliphatic heterocycles. The number of aliphatic carboxylic acids is 1. The SMILES string of the molecule is CC(C)(C)C(OC(=O)C=CC(=O)O)C(F)(F)C(F)(F)C(F)(F)C(F)F. The molecular weight excluding hydrogens is 372 g/mol. The van der Waals surface area contributed by atoms with Gasteiger partial charge in [0.15, 0.2) is 6.10 Å². The smallest absolute Gasteiger partial charge is 0.381 e. The van der Waals surface area contributed by atoms with Crippen LogP contribution in [0.2, 0.25) is 0 Å². The molecule has 12 heteroatoms. The average molecular weight is 386 g/mol. The Kier molecular flexibility index (Phi) is 6.62. The van der Waals surface area contributed by atoms with Crippen LogP contribution in [0.3, 0.4) is 0 Å². The van der Waals surface area contributed by atoms with E-state index in [1.807, 2.05) is 0 Å². The van der Waals surface area contributed by atoms with Crippen LogP contribution in [0.25, 0.3) is 0 Å². The molecule has 0 saturated carbocycles. The summed E-state index contributed by atoms with van der Waals surface area (Å²) >= 11 is 0. The van der Waals surface area contributed by atoms with Crippen molar-refractivity contribution in [2.45, 2.75) is 51.1 Å². The topological polar surface area (TPSA) is 63.6 Å². The Morgan fingerprint density at radius 1 is 0.920 bits per heavy atom. The van der Waals surface area contributed by atoms with Crippen molar-refractivity contribution < 1.29 is 54.6 Å². The molecule has 0 amide bonds. The first-order chi connectivity index (χ1) is 10.9. The molecule has 146 valence electrons. The van der Waals surface area contributed by atoms with Crippen molar-refractivity contribution in [3.63, 3.8) is 0 Å². The maximum absolute atomic E-state index is 14.0. The molecule has 0 heterocycles. The molecule has 4 nitrogen and oxygen atoms in total. The zero-order valence-electron chi connectivity index (χ0n) is 13.0. The minimum Gasteiger partial charge on any atom is -0.478 e.